The molecule has 2 aromatic carbocycles. The Kier molecular flexibility index (Phi) is 3.64. The number of benzene rings is 2. The molecule has 3 heterocycles. The lowest BCUT2D eigenvalue weighted by atomic mass is 9.90. The van der Waals surface area contributed by atoms with Crippen molar-refractivity contribution in [3.63, 3.8) is 0 Å². The first-order chi connectivity index (χ1) is 12.7. The maximum absolute atomic E-state index is 13.3. The Bertz CT molecular complexity index is 888. The van der Waals surface area contributed by atoms with Gasteiger partial charge in [-0.15, -0.1) is 0 Å². The maximum Gasteiger partial charge on any atom is 0.253 e. The summed E-state index contributed by atoms with van der Waals surface area (Å²) in [6, 6.07) is 16.5. The lowest BCUT2D eigenvalue weighted by molar-refractivity contribution is -0.126. The number of carbonyl (C=O) groups is 2. The fraction of sp³-hybridized carbons (Fsp3) is 0.300. The number of anilines is 1. The molecule has 3 fully saturated rings. The Labute approximate surface area is 156 Å². The predicted molar refractivity (Wildman–Crippen MR) is 98.4 cm³/mol. The largest absolute Gasteiger partial charge is 0.274 e. The molecular formula is C20H18ClN3O2. The van der Waals surface area contributed by atoms with E-state index >= 15 is 0 Å². The van der Waals surface area contributed by atoms with Crippen LogP contribution in [0.5, 0.6) is 0 Å². The Morgan fingerprint density at radius 1 is 0.846 bits per heavy atom. The third-order valence-corrected chi connectivity index (χ3v) is 5.85. The van der Waals surface area contributed by atoms with Crippen LogP contribution in [0.1, 0.15) is 18.0 Å². The van der Waals surface area contributed by atoms with E-state index in [0.29, 0.717) is 10.7 Å². The van der Waals surface area contributed by atoms with Gasteiger partial charge in [-0.1, -0.05) is 48.0 Å². The van der Waals surface area contributed by atoms with E-state index in [4.69, 9.17) is 11.6 Å². The molecule has 26 heavy (non-hydrogen) atoms. The summed E-state index contributed by atoms with van der Waals surface area (Å²) in [7, 11) is 0. The van der Waals surface area contributed by atoms with E-state index in [9.17, 15) is 9.59 Å². The second kappa shape index (κ2) is 5.91. The summed E-state index contributed by atoms with van der Waals surface area (Å²) in [5.41, 5.74) is 1.64. The highest BCUT2D eigenvalue weighted by Gasteiger charge is 2.62. The predicted octanol–water partition coefficient (Wildman–Crippen LogP) is 2.88. The van der Waals surface area contributed by atoms with Gasteiger partial charge in [-0.05, 0) is 30.2 Å². The van der Waals surface area contributed by atoms with E-state index in [-0.39, 0.29) is 23.8 Å². The highest BCUT2D eigenvalue weighted by molar-refractivity contribution is 6.31. The molecule has 0 radical (unpaired) electrons. The first-order valence-corrected chi connectivity index (χ1v) is 9.26. The summed E-state index contributed by atoms with van der Waals surface area (Å²) >= 11 is 6.09. The monoisotopic (exact) mass is 367 g/mol. The number of hydrogen-bond donors (Lipinski definition) is 0. The summed E-state index contributed by atoms with van der Waals surface area (Å²) in [5.74, 6) is -0.665. The lowest BCUT2D eigenvalue weighted by Gasteiger charge is -2.29. The molecule has 132 valence electrons. The van der Waals surface area contributed by atoms with Gasteiger partial charge in [0.25, 0.3) is 5.91 Å². The van der Waals surface area contributed by atoms with E-state index in [2.05, 4.69) is 10.0 Å². The Balaban J connectivity index is 1.60. The van der Waals surface area contributed by atoms with Crippen LogP contribution in [0, 0.1) is 5.92 Å². The van der Waals surface area contributed by atoms with Gasteiger partial charge in [0.1, 0.15) is 6.04 Å². The summed E-state index contributed by atoms with van der Waals surface area (Å²) < 4.78 is 0. The molecule has 6 heteroatoms. The SMILES string of the molecule is O=C1[C@H]2[C@@H](C(=O)N1c1cccc(Cl)c1)N1CCCN1[C@@H]2c1ccccc1. The van der Waals surface area contributed by atoms with E-state index in [1.807, 2.05) is 30.3 Å². The van der Waals surface area contributed by atoms with Crippen LogP contribution in [0.3, 0.4) is 0 Å². The van der Waals surface area contributed by atoms with Crippen LogP contribution in [0.15, 0.2) is 54.6 Å². The van der Waals surface area contributed by atoms with Gasteiger partial charge in [0, 0.05) is 18.1 Å². The van der Waals surface area contributed by atoms with E-state index < -0.39 is 6.04 Å². The second-order valence-corrected chi connectivity index (χ2v) is 7.43. The van der Waals surface area contributed by atoms with Crippen LogP contribution in [-0.2, 0) is 9.59 Å². The molecule has 3 aliphatic rings. The molecule has 2 amide bonds. The van der Waals surface area contributed by atoms with Crippen molar-refractivity contribution in [1.82, 2.24) is 10.0 Å². The highest BCUT2D eigenvalue weighted by atomic mass is 35.5. The number of halogens is 1. The molecule has 0 aromatic heterocycles. The van der Waals surface area contributed by atoms with Gasteiger partial charge in [-0.2, -0.15) is 0 Å². The van der Waals surface area contributed by atoms with Gasteiger partial charge in [0.15, 0.2) is 0 Å². The topological polar surface area (TPSA) is 43.9 Å². The Morgan fingerprint density at radius 2 is 1.58 bits per heavy atom. The van der Waals surface area contributed by atoms with Crippen LogP contribution in [0.25, 0.3) is 0 Å². The van der Waals surface area contributed by atoms with Gasteiger partial charge in [-0.3, -0.25) is 9.59 Å². The zero-order valence-electron chi connectivity index (χ0n) is 14.1. The van der Waals surface area contributed by atoms with Crippen LogP contribution in [-0.4, -0.2) is 41.0 Å². The molecule has 0 unspecified atom stereocenters. The van der Waals surface area contributed by atoms with Gasteiger partial charge >= 0.3 is 0 Å². The van der Waals surface area contributed by atoms with Gasteiger partial charge in [0.2, 0.25) is 5.91 Å². The summed E-state index contributed by atoms with van der Waals surface area (Å²) in [6.07, 6.45) is 1.01. The van der Waals surface area contributed by atoms with Crippen LogP contribution in [0.4, 0.5) is 5.69 Å². The molecule has 0 bridgehead atoms. The third kappa shape index (κ3) is 2.18. The van der Waals surface area contributed by atoms with Crippen LogP contribution < -0.4 is 4.90 Å². The van der Waals surface area contributed by atoms with Crippen molar-refractivity contribution < 1.29 is 9.59 Å². The fourth-order valence-corrected chi connectivity index (χ4v) is 4.82. The Hall–Kier alpha value is -2.21. The lowest BCUT2D eigenvalue weighted by Crippen LogP contribution is -2.44. The molecule has 5 nitrogen and oxygen atoms in total. The van der Waals surface area contributed by atoms with Crippen molar-refractivity contribution in [2.24, 2.45) is 5.92 Å². The van der Waals surface area contributed by atoms with Crippen LogP contribution in [0.2, 0.25) is 5.02 Å². The molecule has 0 N–H and O–H groups in total. The average Bonchev–Trinajstić information content (AvgIpc) is 3.28. The van der Waals surface area contributed by atoms with Crippen molar-refractivity contribution in [2.45, 2.75) is 18.5 Å². The standard InChI is InChI=1S/C20H18ClN3O2/c21-14-8-4-9-15(12-14)24-19(25)16-17(13-6-2-1-3-7-13)22-10-5-11-23(22)18(16)20(24)26/h1-4,6-9,12,16-18H,5,10-11H2/t16-,17-,18+/m1/s1. The van der Waals surface area contributed by atoms with Crippen LogP contribution >= 0.6 is 11.6 Å². The quantitative estimate of drug-likeness (QED) is 0.766. The van der Waals surface area contributed by atoms with Gasteiger partial charge in [-0.25, -0.2) is 14.9 Å². The van der Waals surface area contributed by atoms with Gasteiger partial charge in [0.05, 0.1) is 17.6 Å². The average molecular weight is 368 g/mol. The molecule has 3 aliphatic heterocycles. The van der Waals surface area contributed by atoms with E-state index in [1.54, 1.807) is 24.3 Å². The minimum atomic E-state index is -0.422. The molecule has 0 saturated carbocycles. The number of carbonyl (C=O) groups excluding carboxylic acids is 2. The smallest absolute Gasteiger partial charge is 0.253 e. The fourth-order valence-electron chi connectivity index (χ4n) is 4.63. The maximum atomic E-state index is 13.3. The van der Waals surface area contributed by atoms with Crippen molar-refractivity contribution in [3.8, 4) is 0 Å². The number of hydrazine groups is 1. The first-order valence-electron chi connectivity index (χ1n) is 8.88. The third-order valence-electron chi connectivity index (χ3n) is 5.61. The van der Waals surface area contributed by atoms with E-state index in [1.165, 1.54) is 4.90 Å². The second-order valence-electron chi connectivity index (χ2n) is 7.00. The van der Waals surface area contributed by atoms with E-state index in [0.717, 1.165) is 25.1 Å². The van der Waals surface area contributed by atoms with Crippen molar-refractivity contribution >= 4 is 29.1 Å². The number of imide groups is 1. The number of hydrogen-bond acceptors (Lipinski definition) is 4. The zero-order chi connectivity index (χ0) is 17.8. The Morgan fingerprint density at radius 3 is 2.31 bits per heavy atom. The van der Waals surface area contributed by atoms with Gasteiger partial charge < -0.3 is 0 Å². The first kappa shape index (κ1) is 16.0. The van der Waals surface area contributed by atoms with Crippen molar-refractivity contribution in [1.29, 1.82) is 0 Å². The molecule has 2 aromatic rings. The molecule has 5 rings (SSSR count). The minimum absolute atomic E-state index is 0.0932. The minimum Gasteiger partial charge on any atom is -0.274 e. The van der Waals surface area contributed by atoms with Crippen molar-refractivity contribution in [2.75, 3.05) is 18.0 Å². The molecule has 3 atom stereocenters. The normalized spacial score (nSPS) is 28.7. The van der Waals surface area contributed by atoms with Crippen molar-refractivity contribution in [3.05, 3.63) is 65.2 Å². The summed E-state index contributed by atoms with van der Waals surface area (Å²) in [5, 5.41) is 4.84. The summed E-state index contributed by atoms with van der Waals surface area (Å²) in [6.45, 7) is 1.69. The number of fused-ring (bicyclic) bond motifs is 3. The molecule has 3 saturated heterocycles. The number of amides is 2. The highest BCUT2D eigenvalue weighted by Crippen LogP contribution is 2.48. The molecule has 0 spiro atoms. The molecular weight excluding hydrogens is 350 g/mol. The summed E-state index contributed by atoms with van der Waals surface area (Å²) in [4.78, 5) is 27.9. The number of rotatable bonds is 2. The molecule has 0 aliphatic carbocycles. The zero-order valence-corrected chi connectivity index (χ0v) is 14.8. The number of nitrogens with zero attached hydrogens (tertiary/aromatic N) is 3.